The summed E-state index contributed by atoms with van der Waals surface area (Å²) < 4.78 is 1.69. The smallest absolute Gasteiger partial charge is 0.0852 e. The summed E-state index contributed by atoms with van der Waals surface area (Å²) in [5.74, 6) is 2.63. The van der Waals surface area contributed by atoms with E-state index in [2.05, 4.69) is 10.3 Å². The highest BCUT2D eigenvalue weighted by Crippen LogP contribution is 2.49. The summed E-state index contributed by atoms with van der Waals surface area (Å²) in [5.41, 5.74) is 0.906. The van der Waals surface area contributed by atoms with Crippen LogP contribution in [0.1, 0.15) is 37.8 Å². The van der Waals surface area contributed by atoms with Crippen LogP contribution in [0.15, 0.2) is 6.20 Å². The minimum Gasteiger partial charge on any atom is -0.393 e. The van der Waals surface area contributed by atoms with Crippen LogP contribution in [0.4, 0.5) is 0 Å². The summed E-state index contributed by atoms with van der Waals surface area (Å²) in [6.45, 7) is 0. The molecule has 4 unspecified atom stereocenters. The number of aliphatic hydroxyl groups excluding tert-OH is 1. The van der Waals surface area contributed by atoms with Gasteiger partial charge in [-0.3, -0.25) is 4.68 Å². The molecule has 0 saturated heterocycles. The Kier molecular flexibility index (Phi) is 2.90. The fourth-order valence-electron chi connectivity index (χ4n) is 3.83. The zero-order valence-electron chi connectivity index (χ0n) is 10.4. The number of nitrogens with zero attached hydrogens (tertiary/aromatic N) is 3. The topological polar surface area (TPSA) is 50.9 Å². The van der Waals surface area contributed by atoms with Gasteiger partial charge in [0.2, 0.25) is 0 Å². The molecular formula is C13H21N3O. The van der Waals surface area contributed by atoms with Gasteiger partial charge >= 0.3 is 0 Å². The van der Waals surface area contributed by atoms with Gasteiger partial charge in [0.15, 0.2) is 0 Å². The van der Waals surface area contributed by atoms with Crippen LogP contribution in [-0.2, 0) is 13.5 Å². The number of aromatic nitrogens is 3. The lowest BCUT2D eigenvalue weighted by molar-refractivity contribution is 0.124. The second kappa shape index (κ2) is 4.41. The second-order valence-electron chi connectivity index (χ2n) is 5.91. The summed E-state index contributed by atoms with van der Waals surface area (Å²) in [6, 6.07) is 0. The molecule has 4 heteroatoms. The lowest BCUT2D eigenvalue weighted by atomic mass is 9.84. The van der Waals surface area contributed by atoms with Gasteiger partial charge in [-0.05, 0) is 43.4 Å². The zero-order valence-corrected chi connectivity index (χ0v) is 10.4. The number of hydrogen-bond acceptors (Lipinski definition) is 3. The zero-order chi connectivity index (χ0) is 11.8. The molecule has 0 radical (unpaired) electrons. The Morgan fingerprint density at radius 3 is 2.94 bits per heavy atom. The van der Waals surface area contributed by atoms with E-state index in [0.717, 1.165) is 29.9 Å². The van der Waals surface area contributed by atoms with Crippen molar-refractivity contribution in [2.75, 3.05) is 0 Å². The summed E-state index contributed by atoms with van der Waals surface area (Å²) in [5, 5.41) is 18.0. The van der Waals surface area contributed by atoms with Crippen molar-refractivity contribution in [2.45, 2.75) is 44.6 Å². The van der Waals surface area contributed by atoms with Gasteiger partial charge in [-0.15, -0.1) is 5.10 Å². The number of fused-ring (bicyclic) bond motifs is 2. The summed E-state index contributed by atoms with van der Waals surface area (Å²) >= 11 is 0. The van der Waals surface area contributed by atoms with Gasteiger partial charge in [0.05, 0.1) is 11.8 Å². The van der Waals surface area contributed by atoms with Crippen LogP contribution in [0, 0.1) is 17.8 Å². The van der Waals surface area contributed by atoms with Gasteiger partial charge < -0.3 is 5.11 Å². The van der Waals surface area contributed by atoms with Gasteiger partial charge in [0.25, 0.3) is 0 Å². The summed E-state index contributed by atoms with van der Waals surface area (Å²) in [6.07, 6.45) is 8.86. The number of aryl methyl sites for hydroxylation is 1. The first-order valence-corrected chi connectivity index (χ1v) is 6.74. The van der Waals surface area contributed by atoms with Crippen molar-refractivity contribution < 1.29 is 5.11 Å². The Morgan fingerprint density at radius 1 is 1.47 bits per heavy atom. The minimum atomic E-state index is -0.240. The average Bonchev–Trinajstić information content (AvgIpc) is 2.95. The van der Waals surface area contributed by atoms with E-state index in [9.17, 15) is 5.11 Å². The first kappa shape index (κ1) is 11.2. The van der Waals surface area contributed by atoms with E-state index in [4.69, 9.17) is 0 Å². The van der Waals surface area contributed by atoms with Crippen molar-refractivity contribution in [3.05, 3.63) is 11.9 Å². The molecule has 0 amide bonds. The summed E-state index contributed by atoms with van der Waals surface area (Å²) in [4.78, 5) is 0. The molecule has 0 aliphatic heterocycles. The predicted molar refractivity (Wildman–Crippen MR) is 64.3 cm³/mol. The van der Waals surface area contributed by atoms with E-state index in [1.807, 2.05) is 13.2 Å². The molecule has 2 aliphatic rings. The highest BCUT2D eigenvalue weighted by Gasteiger charge is 2.39. The normalized spacial score (nSPS) is 33.2. The molecule has 2 aliphatic carbocycles. The Balaban J connectivity index is 1.52. The van der Waals surface area contributed by atoms with E-state index >= 15 is 0 Å². The third-order valence-electron chi connectivity index (χ3n) is 4.55. The largest absolute Gasteiger partial charge is 0.393 e. The lowest BCUT2D eigenvalue weighted by Crippen LogP contribution is -2.20. The lowest BCUT2D eigenvalue weighted by Gasteiger charge is -2.23. The van der Waals surface area contributed by atoms with E-state index in [1.54, 1.807) is 4.68 Å². The first-order chi connectivity index (χ1) is 8.20. The molecule has 1 heterocycles. The van der Waals surface area contributed by atoms with Crippen LogP contribution in [0.5, 0.6) is 0 Å². The molecule has 1 aromatic rings. The fourth-order valence-corrected chi connectivity index (χ4v) is 3.83. The quantitative estimate of drug-likeness (QED) is 0.861. The van der Waals surface area contributed by atoms with Gasteiger partial charge in [-0.25, -0.2) is 0 Å². The third-order valence-corrected chi connectivity index (χ3v) is 4.55. The van der Waals surface area contributed by atoms with Gasteiger partial charge in [0.1, 0.15) is 0 Å². The molecule has 4 atom stereocenters. The third kappa shape index (κ3) is 2.37. The van der Waals surface area contributed by atoms with E-state index < -0.39 is 0 Å². The number of aliphatic hydroxyl groups is 1. The Labute approximate surface area is 102 Å². The molecule has 1 N–H and O–H groups in total. The SMILES string of the molecule is Cn1cc(CC(O)CC2CC3CCC2C3)nn1. The van der Waals surface area contributed by atoms with Crippen LogP contribution in [0.3, 0.4) is 0 Å². The predicted octanol–water partition coefficient (Wildman–Crippen LogP) is 1.54. The molecular weight excluding hydrogens is 214 g/mol. The van der Waals surface area contributed by atoms with E-state index in [1.165, 1.54) is 25.7 Å². The van der Waals surface area contributed by atoms with E-state index in [-0.39, 0.29) is 6.10 Å². The molecule has 4 nitrogen and oxygen atoms in total. The molecule has 1 aromatic heterocycles. The molecule has 2 saturated carbocycles. The first-order valence-electron chi connectivity index (χ1n) is 6.74. The number of rotatable bonds is 4. The van der Waals surface area contributed by atoms with E-state index in [0.29, 0.717) is 6.42 Å². The second-order valence-corrected chi connectivity index (χ2v) is 5.91. The number of hydrogen-bond donors (Lipinski definition) is 1. The van der Waals surface area contributed by atoms with Crippen molar-refractivity contribution in [1.82, 2.24) is 15.0 Å². The Morgan fingerprint density at radius 2 is 2.35 bits per heavy atom. The molecule has 2 bridgehead atoms. The average molecular weight is 235 g/mol. The van der Waals surface area contributed by atoms with Crippen molar-refractivity contribution in [3.63, 3.8) is 0 Å². The Hall–Kier alpha value is -0.900. The highest BCUT2D eigenvalue weighted by atomic mass is 16.3. The maximum atomic E-state index is 10.1. The molecule has 17 heavy (non-hydrogen) atoms. The van der Waals surface area contributed by atoms with Gasteiger partial charge in [-0.1, -0.05) is 11.6 Å². The maximum absolute atomic E-state index is 10.1. The summed E-state index contributed by atoms with van der Waals surface area (Å²) in [7, 11) is 1.86. The van der Waals surface area contributed by atoms with Crippen LogP contribution in [-0.4, -0.2) is 26.2 Å². The molecule has 0 spiro atoms. The van der Waals surface area contributed by atoms with Gasteiger partial charge in [0, 0.05) is 19.7 Å². The molecule has 0 aromatic carbocycles. The highest BCUT2D eigenvalue weighted by molar-refractivity contribution is 4.96. The van der Waals surface area contributed by atoms with Crippen LogP contribution < -0.4 is 0 Å². The minimum absolute atomic E-state index is 0.240. The molecule has 2 fully saturated rings. The van der Waals surface area contributed by atoms with Crippen molar-refractivity contribution in [1.29, 1.82) is 0 Å². The monoisotopic (exact) mass is 235 g/mol. The fraction of sp³-hybridized carbons (Fsp3) is 0.846. The molecule has 94 valence electrons. The van der Waals surface area contributed by atoms with Crippen molar-refractivity contribution in [2.24, 2.45) is 24.8 Å². The maximum Gasteiger partial charge on any atom is 0.0852 e. The Bertz CT molecular complexity index is 390. The van der Waals surface area contributed by atoms with Crippen LogP contribution in [0.25, 0.3) is 0 Å². The molecule has 3 rings (SSSR count). The van der Waals surface area contributed by atoms with Crippen molar-refractivity contribution >= 4 is 0 Å². The van der Waals surface area contributed by atoms with Gasteiger partial charge in [-0.2, -0.15) is 0 Å². The van der Waals surface area contributed by atoms with Crippen LogP contribution >= 0.6 is 0 Å². The van der Waals surface area contributed by atoms with Crippen LogP contribution in [0.2, 0.25) is 0 Å². The van der Waals surface area contributed by atoms with Crippen molar-refractivity contribution in [3.8, 4) is 0 Å². The standard InChI is InChI=1S/C13H21N3O/c1-16-8-12(14-15-16)7-13(17)6-11-5-9-2-3-10(11)4-9/h8-11,13,17H,2-7H2,1H3.